The minimum atomic E-state index is 0.144. The van der Waals surface area contributed by atoms with Crippen molar-refractivity contribution in [3.05, 3.63) is 23.2 Å². The monoisotopic (exact) mass is 235 g/mol. The Balaban J connectivity index is 2.21. The first-order chi connectivity index (χ1) is 8.13. The highest BCUT2D eigenvalue weighted by atomic mass is 16.3. The van der Waals surface area contributed by atoms with E-state index in [1.165, 1.54) is 6.42 Å². The molecule has 1 saturated heterocycles. The molecule has 94 valence electrons. The van der Waals surface area contributed by atoms with Crippen molar-refractivity contribution >= 4 is 5.91 Å². The van der Waals surface area contributed by atoms with Gasteiger partial charge in [-0.2, -0.15) is 0 Å². The number of rotatable bonds is 2. The summed E-state index contributed by atoms with van der Waals surface area (Å²) in [7, 11) is 0. The number of hydrogen-bond donors (Lipinski definition) is 0. The lowest BCUT2D eigenvalue weighted by atomic mass is 9.99. The van der Waals surface area contributed by atoms with Gasteiger partial charge in [0.1, 0.15) is 11.5 Å². The number of carbonyl (C=O) groups excluding carboxylic acids is 1. The summed E-state index contributed by atoms with van der Waals surface area (Å²) in [4.78, 5) is 14.5. The van der Waals surface area contributed by atoms with Gasteiger partial charge in [-0.25, -0.2) is 0 Å². The Morgan fingerprint density at radius 3 is 2.82 bits per heavy atom. The van der Waals surface area contributed by atoms with Crippen LogP contribution < -0.4 is 0 Å². The Labute approximate surface area is 103 Å². The molecule has 0 radical (unpaired) electrons. The smallest absolute Gasteiger partial charge is 0.257 e. The summed E-state index contributed by atoms with van der Waals surface area (Å²) in [6.07, 6.45) is 4.55. The van der Waals surface area contributed by atoms with Crippen LogP contribution in [0.5, 0.6) is 0 Å². The average Bonchev–Trinajstić information content (AvgIpc) is 2.67. The lowest BCUT2D eigenvalue weighted by Crippen LogP contribution is -2.43. The first kappa shape index (κ1) is 12.2. The molecule has 2 rings (SSSR count). The van der Waals surface area contributed by atoms with Gasteiger partial charge in [0, 0.05) is 12.6 Å². The summed E-state index contributed by atoms with van der Waals surface area (Å²) in [6.45, 7) is 6.80. The summed E-state index contributed by atoms with van der Waals surface area (Å²) >= 11 is 0. The summed E-state index contributed by atoms with van der Waals surface area (Å²) in [5.41, 5.74) is 0.739. The molecule has 0 aromatic carbocycles. The van der Waals surface area contributed by atoms with Crippen molar-refractivity contribution in [1.82, 2.24) is 4.90 Å². The van der Waals surface area contributed by atoms with Crippen LogP contribution in [0, 0.1) is 13.8 Å². The first-order valence-electron chi connectivity index (χ1n) is 6.51. The number of piperidine rings is 1. The second kappa shape index (κ2) is 4.94. The van der Waals surface area contributed by atoms with Gasteiger partial charge >= 0.3 is 0 Å². The van der Waals surface area contributed by atoms with Crippen molar-refractivity contribution in [3.8, 4) is 0 Å². The van der Waals surface area contributed by atoms with Gasteiger partial charge in [0.25, 0.3) is 5.91 Å². The van der Waals surface area contributed by atoms with Crippen molar-refractivity contribution in [3.63, 3.8) is 0 Å². The van der Waals surface area contributed by atoms with E-state index in [1.807, 2.05) is 24.8 Å². The molecule has 0 saturated carbocycles. The van der Waals surface area contributed by atoms with E-state index in [1.54, 1.807) is 0 Å². The van der Waals surface area contributed by atoms with E-state index in [2.05, 4.69) is 6.92 Å². The van der Waals surface area contributed by atoms with Crippen LogP contribution in [0.4, 0.5) is 0 Å². The summed E-state index contributed by atoms with van der Waals surface area (Å²) in [6, 6.07) is 2.27. The molecule has 0 aliphatic carbocycles. The zero-order chi connectivity index (χ0) is 12.4. The van der Waals surface area contributed by atoms with Gasteiger partial charge in [-0.3, -0.25) is 4.79 Å². The van der Waals surface area contributed by atoms with Crippen LogP contribution in [-0.2, 0) is 0 Å². The number of nitrogens with zero attached hydrogens (tertiary/aromatic N) is 1. The normalized spacial score (nSPS) is 20.6. The Morgan fingerprint density at radius 1 is 1.47 bits per heavy atom. The molecule has 0 spiro atoms. The third-order valence-corrected chi connectivity index (χ3v) is 3.63. The van der Waals surface area contributed by atoms with E-state index in [0.717, 1.165) is 42.9 Å². The zero-order valence-electron chi connectivity index (χ0n) is 11.0. The van der Waals surface area contributed by atoms with Gasteiger partial charge in [-0.15, -0.1) is 0 Å². The SMILES string of the molecule is CC[C@H]1CCCCN1C(=O)c1cc(C)oc1C. The van der Waals surface area contributed by atoms with Crippen LogP contribution in [0.15, 0.2) is 10.5 Å². The summed E-state index contributed by atoms with van der Waals surface area (Å²) in [5.74, 6) is 1.70. The molecular weight excluding hydrogens is 214 g/mol. The molecule has 1 amide bonds. The predicted octanol–water partition coefficient (Wildman–Crippen LogP) is 3.30. The highest BCUT2D eigenvalue weighted by Gasteiger charge is 2.28. The fraction of sp³-hybridized carbons (Fsp3) is 0.643. The fourth-order valence-corrected chi connectivity index (χ4v) is 2.69. The molecule has 2 heterocycles. The zero-order valence-corrected chi connectivity index (χ0v) is 11.0. The molecule has 1 aromatic rings. The van der Waals surface area contributed by atoms with Crippen molar-refractivity contribution in [2.75, 3.05) is 6.54 Å². The number of likely N-dealkylation sites (tertiary alicyclic amines) is 1. The highest BCUT2D eigenvalue weighted by molar-refractivity contribution is 5.95. The molecular formula is C14H21NO2. The standard InChI is InChI=1S/C14H21NO2/c1-4-12-7-5-6-8-15(12)14(16)13-9-10(2)17-11(13)3/h9,12H,4-8H2,1-3H3/t12-/m0/s1. The summed E-state index contributed by atoms with van der Waals surface area (Å²) in [5, 5.41) is 0. The Bertz CT molecular complexity index is 408. The number of amides is 1. The molecule has 0 bridgehead atoms. The third-order valence-electron chi connectivity index (χ3n) is 3.63. The van der Waals surface area contributed by atoms with Crippen molar-refractivity contribution in [1.29, 1.82) is 0 Å². The van der Waals surface area contributed by atoms with Crippen LogP contribution in [0.25, 0.3) is 0 Å². The van der Waals surface area contributed by atoms with Crippen LogP contribution in [0.2, 0.25) is 0 Å². The third kappa shape index (κ3) is 2.38. The van der Waals surface area contributed by atoms with Crippen LogP contribution in [0.1, 0.15) is 54.5 Å². The van der Waals surface area contributed by atoms with E-state index in [-0.39, 0.29) is 5.91 Å². The number of aryl methyl sites for hydroxylation is 2. The number of carbonyl (C=O) groups is 1. The average molecular weight is 235 g/mol. The molecule has 3 heteroatoms. The maximum absolute atomic E-state index is 12.5. The van der Waals surface area contributed by atoms with E-state index >= 15 is 0 Å². The van der Waals surface area contributed by atoms with E-state index < -0.39 is 0 Å². The second-order valence-corrected chi connectivity index (χ2v) is 4.88. The van der Waals surface area contributed by atoms with Crippen LogP contribution >= 0.6 is 0 Å². The van der Waals surface area contributed by atoms with Gasteiger partial charge in [0.05, 0.1) is 5.56 Å². The van der Waals surface area contributed by atoms with E-state index in [4.69, 9.17) is 4.42 Å². The summed E-state index contributed by atoms with van der Waals surface area (Å²) < 4.78 is 5.45. The van der Waals surface area contributed by atoms with Gasteiger partial charge < -0.3 is 9.32 Å². The van der Waals surface area contributed by atoms with Crippen LogP contribution in [-0.4, -0.2) is 23.4 Å². The van der Waals surface area contributed by atoms with E-state index in [0.29, 0.717) is 6.04 Å². The quantitative estimate of drug-likeness (QED) is 0.788. The lowest BCUT2D eigenvalue weighted by Gasteiger charge is -2.35. The van der Waals surface area contributed by atoms with E-state index in [9.17, 15) is 4.79 Å². The predicted molar refractivity (Wildman–Crippen MR) is 67.1 cm³/mol. The van der Waals surface area contributed by atoms with Crippen molar-refractivity contribution in [2.24, 2.45) is 0 Å². The molecule has 3 nitrogen and oxygen atoms in total. The molecule has 1 aliphatic heterocycles. The van der Waals surface area contributed by atoms with Crippen LogP contribution in [0.3, 0.4) is 0 Å². The largest absolute Gasteiger partial charge is 0.466 e. The molecule has 1 aromatic heterocycles. The van der Waals surface area contributed by atoms with Gasteiger partial charge in [0.2, 0.25) is 0 Å². The number of hydrogen-bond acceptors (Lipinski definition) is 2. The topological polar surface area (TPSA) is 33.5 Å². The van der Waals surface area contributed by atoms with Gasteiger partial charge in [0.15, 0.2) is 0 Å². The van der Waals surface area contributed by atoms with Gasteiger partial charge in [-0.1, -0.05) is 6.92 Å². The minimum Gasteiger partial charge on any atom is -0.466 e. The highest BCUT2D eigenvalue weighted by Crippen LogP contribution is 2.24. The molecule has 0 N–H and O–H groups in total. The molecule has 1 fully saturated rings. The second-order valence-electron chi connectivity index (χ2n) is 4.88. The number of furan rings is 1. The first-order valence-corrected chi connectivity index (χ1v) is 6.51. The molecule has 1 atom stereocenters. The van der Waals surface area contributed by atoms with Gasteiger partial charge in [-0.05, 0) is 45.6 Å². The Morgan fingerprint density at radius 2 is 2.24 bits per heavy atom. The fourth-order valence-electron chi connectivity index (χ4n) is 2.69. The minimum absolute atomic E-state index is 0.144. The molecule has 17 heavy (non-hydrogen) atoms. The maximum Gasteiger partial charge on any atom is 0.257 e. The van der Waals surface area contributed by atoms with Crippen molar-refractivity contribution in [2.45, 2.75) is 52.5 Å². The molecule has 1 aliphatic rings. The molecule has 0 unspecified atom stereocenters. The Kier molecular flexibility index (Phi) is 3.55. The Hall–Kier alpha value is -1.25. The maximum atomic E-state index is 12.5. The van der Waals surface area contributed by atoms with Crippen molar-refractivity contribution < 1.29 is 9.21 Å². The lowest BCUT2D eigenvalue weighted by molar-refractivity contribution is 0.0606.